The maximum atomic E-state index is 6.09. The molecule has 2 N–H and O–H groups in total. The van der Waals surface area contributed by atoms with E-state index in [4.69, 9.17) is 5.73 Å². The Morgan fingerprint density at radius 3 is 2.32 bits per heavy atom. The lowest BCUT2D eigenvalue weighted by molar-refractivity contribution is 0.768. The molecule has 0 aromatic heterocycles. The van der Waals surface area contributed by atoms with Gasteiger partial charge in [0.1, 0.15) is 0 Å². The van der Waals surface area contributed by atoms with Crippen LogP contribution in [0.4, 0.5) is 11.4 Å². The van der Waals surface area contributed by atoms with Crippen LogP contribution < -0.4 is 10.6 Å². The molecular formula is C17H22N2. The van der Waals surface area contributed by atoms with Gasteiger partial charge in [-0.05, 0) is 31.0 Å². The zero-order valence-electron chi connectivity index (χ0n) is 11.8. The van der Waals surface area contributed by atoms with Gasteiger partial charge >= 0.3 is 0 Å². The van der Waals surface area contributed by atoms with Crippen LogP contribution in [0, 0.1) is 6.92 Å². The van der Waals surface area contributed by atoms with Crippen molar-refractivity contribution < 1.29 is 0 Å². The summed E-state index contributed by atoms with van der Waals surface area (Å²) < 4.78 is 0. The molecule has 0 amide bonds. The van der Waals surface area contributed by atoms with Gasteiger partial charge in [-0.1, -0.05) is 48.9 Å². The number of nitrogens with zero attached hydrogens (tertiary/aromatic N) is 1. The largest absolute Gasteiger partial charge is 0.397 e. The zero-order valence-corrected chi connectivity index (χ0v) is 11.8. The molecule has 2 heteroatoms. The van der Waals surface area contributed by atoms with E-state index in [0.717, 1.165) is 30.9 Å². The number of nitrogen functional groups attached to an aromatic ring is 1. The lowest BCUT2D eigenvalue weighted by Crippen LogP contribution is -2.24. The molecule has 0 bridgehead atoms. The van der Waals surface area contributed by atoms with Crippen molar-refractivity contribution in [3.63, 3.8) is 0 Å². The minimum absolute atomic E-state index is 0.850. The summed E-state index contributed by atoms with van der Waals surface area (Å²) in [5, 5.41) is 0. The number of nitrogens with two attached hydrogens (primary N) is 1. The molecule has 2 rings (SSSR count). The molecule has 2 aromatic rings. The fourth-order valence-corrected chi connectivity index (χ4v) is 2.24. The highest BCUT2D eigenvalue weighted by atomic mass is 15.1. The molecule has 19 heavy (non-hydrogen) atoms. The van der Waals surface area contributed by atoms with Gasteiger partial charge in [-0.3, -0.25) is 0 Å². The van der Waals surface area contributed by atoms with Crippen LogP contribution in [0.5, 0.6) is 0 Å². The number of para-hydroxylation sites is 2. The number of anilines is 2. The molecule has 100 valence electrons. The van der Waals surface area contributed by atoms with Gasteiger partial charge in [0.05, 0.1) is 11.4 Å². The molecule has 2 nitrogen and oxygen atoms in total. The Bertz CT molecular complexity index is 517. The van der Waals surface area contributed by atoms with E-state index in [1.807, 2.05) is 18.2 Å². The van der Waals surface area contributed by atoms with Crippen molar-refractivity contribution >= 4 is 11.4 Å². The third-order valence-electron chi connectivity index (χ3n) is 3.27. The lowest BCUT2D eigenvalue weighted by atomic mass is 10.1. The molecule has 2 aromatic carbocycles. The minimum atomic E-state index is 0.850. The van der Waals surface area contributed by atoms with Gasteiger partial charge in [-0.15, -0.1) is 0 Å². The third-order valence-corrected chi connectivity index (χ3v) is 3.27. The monoisotopic (exact) mass is 254 g/mol. The van der Waals surface area contributed by atoms with E-state index in [0.29, 0.717) is 0 Å². The predicted molar refractivity (Wildman–Crippen MR) is 83.4 cm³/mol. The van der Waals surface area contributed by atoms with Gasteiger partial charge in [0, 0.05) is 13.1 Å². The Hall–Kier alpha value is -1.96. The second-order valence-corrected chi connectivity index (χ2v) is 4.97. The summed E-state index contributed by atoms with van der Waals surface area (Å²) in [7, 11) is 0. The maximum absolute atomic E-state index is 6.09. The van der Waals surface area contributed by atoms with Gasteiger partial charge in [-0.2, -0.15) is 0 Å². The second-order valence-electron chi connectivity index (χ2n) is 4.97. The van der Waals surface area contributed by atoms with E-state index in [1.165, 1.54) is 11.1 Å². The summed E-state index contributed by atoms with van der Waals surface area (Å²) in [6, 6.07) is 16.8. The van der Waals surface area contributed by atoms with Gasteiger partial charge in [0.2, 0.25) is 0 Å². The number of benzene rings is 2. The molecule has 0 atom stereocenters. The van der Waals surface area contributed by atoms with Crippen molar-refractivity contribution in [2.45, 2.75) is 26.8 Å². The Morgan fingerprint density at radius 2 is 1.68 bits per heavy atom. The molecule has 0 saturated heterocycles. The quantitative estimate of drug-likeness (QED) is 0.817. The SMILES string of the molecule is CCCN(Cc1ccc(C)cc1)c1ccccc1N. The van der Waals surface area contributed by atoms with Crippen LogP contribution in [-0.4, -0.2) is 6.54 Å². The Morgan fingerprint density at radius 1 is 1.00 bits per heavy atom. The molecule has 0 fully saturated rings. The maximum Gasteiger partial charge on any atom is 0.0602 e. The first kappa shape index (κ1) is 13.5. The van der Waals surface area contributed by atoms with Crippen LogP contribution in [-0.2, 0) is 6.54 Å². The minimum Gasteiger partial charge on any atom is -0.397 e. The molecule has 0 aliphatic rings. The highest BCUT2D eigenvalue weighted by Crippen LogP contribution is 2.24. The average molecular weight is 254 g/mol. The normalized spacial score (nSPS) is 10.4. The average Bonchev–Trinajstić information content (AvgIpc) is 2.41. The van der Waals surface area contributed by atoms with Gasteiger partial charge in [-0.25, -0.2) is 0 Å². The summed E-state index contributed by atoms with van der Waals surface area (Å²) in [4.78, 5) is 2.35. The summed E-state index contributed by atoms with van der Waals surface area (Å²) in [6.07, 6.45) is 1.11. The van der Waals surface area contributed by atoms with Crippen molar-refractivity contribution in [2.24, 2.45) is 0 Å². The molecule has 0 spiro atoms. The number of hydrogen-bond acceptors (Lipinski definition) is 2. The standard InChI is InChI=1S/C17H22N2/c1-3-12-19(17-7-5-4-6-16(17)18)13-15-10-8-14(2)9-11-15/h4-11H,3,12-13,18H2,1-2H3. The van der Waals surface area contributed by atoms with Crippen molar-refractivity contribution in [2.75, 3.05) is 17.2 Å². The smallest absolute Gasteiger partial charge is 0.0602 e. The molecule has 0 radical (unpaired) electrons. The molecular weight excluding hydrogens is 232 g/mol. The Labute approximate surface area is 115 Å². The van der Waals surface area contributed by atoms with E-state index >= 15 is 0 Å². The van der Waals surface area contributed by atoms with E-state index in [1.54, 1.807) is 0 Å². The van der Waals surface area contributed by atoms with Crippen molar-refractivity contribution in [1.29, 1.82) is 0 Å². The summed E-state index contributed by atoms with van der Waals surface area (Å²) in [5.41, 5.74) is 10.7. The van der Waals surface area contributed by atoms with Gasteiger partial charge < -0.3 is 10.6 Å². The van der Waals surface area contributed by atoms with Crippen LogP contribution in [0.1, 0.15) is 24.5 Å². The van der Waals surface area contributed by atoms with Crippen molar-refractivity contribution in [3.8, 4) is 0 Å². The van der Waals surface area contributed by atoms with Crippen molar-refractivity contribution in [1.82, 2.24) is 0 Å². The number of hydrogen-bond donors (Lipinski definition) is 1. The first-order valence-electron chi connectivity index (χ1n) is 6.85. The van der Waals surface area contributed by atoms with Crippen LogP contribution in [0.3, 0.4) is 0 Å². The van der Waals surface area contributed by atoms with Crippen LogP contribution in [0.2, 0.25) is 0 Å². The van der Waals surface area contributed by atoms with E-state index in [2.05, 4.69) is 49.1 Å². The third kappa shape index (κ3) is 3.50. The van der Waals surface area contributed by atoms with Crippen molar-refractivity contribution in [3.05, 3.63) is 59.7 Å². The Balaban J connectivity index is 2.21. The van der Waals surface area contributed by atoms with Crippen LogP contribution in [0.15, 0.2) is 48.5 Å². The molecule has 0 unspecified atom stereocenters. The van der Waals surface area contributed by atoms with Gasteiger partial charge in [0.15, 0.2) is 0 Å². The molecule has 0 heterocycles. The molecule has 0 saturated carbocycles. The second kappa shape index (κ2) is 6.28. The fourth-order valence-electron chi connectivity index (χ4n) is 2.24. The zero-order chi connectivity index (χ0) is 13.7. The van der Waals surface area contributed by atoms with E-state index < -0.39 is 0 Å². The predicted octanol–water partition coefficient (Wildman–Crippen LogP) is 3.99. The van der Waals surface area contributed by atoms with E-state index in [-0.39, 0.29) is 0 Å². The summed E-state index contributed by atoms with van der Waals surface area (Å²) in [5.74, 6) is 0. The summed E-state index contributed by atoms with van der Waals surface area (Å²) >= 11 is 0. The lowest BCUT2D eigenvalue weighted by Gasteiger charge is -2.26. The highest BCUT2D eigenvalue weighted by Gasteiger charge is 2.09. The molecule has 0 aliphatic heterocycles. The van der Waals surface area contributed by atoms with Gasteiger partial charge in [0.25, 0.3) is 0 Å². The summed E-state index contributed by atoms with van der Waals surface area (Å²) in [6.45, 7) is 6.23. The Kier molecular flexibility index (Phi) is 4.45. The highest BCUT2D eigenvalue weighted by molar-refractivity contribution is 5.67. The molecule has 0 aliphatic carbocycles. The fraction of sp³-hybridized carbons (Fsp3) is 0.294. The van der Waals surface area contributed by atoms with Crippen LogP contribution >= 0.6 is 0 Å². The topological polar surface area (TPSA) is 29.3 Å². The van der Waals surface area contributed by atoms with E-state index in [9.17, 15) is 0 Å². The first-order valence-corrected chi connectivity index (χ1v) is 6.85. The number of rotatable bonds is 5. The first-order chi connectivity index (χ1) is 9.20. The van der Waals surface area contributed by atoms with Crippen LogP contribution in [0.25, 0.3) is 0 Å². The number of aryl methyl sites for hydroxylation is 1.